The number of benzene rings is 1. The van der Waals surface area contributed by atoms with Crippen LogP contribution in [0.25, 0.3) is 0 Å². The van der Waals surface area contributed by atoms with Gasteiger partial charge >= 0.3 is 0 Å². The zero-order valence-corrected chi connectivity index (χ0v) is 14.8. The Balaban J connectivity index is 1.91. The number of amidine groups is 1. The van der Waals surface area contributed by atoms with E-state index < -0.39 is 0 Å². The lowest BCUT2D eigenvalue weighted by molar-refractivity contribution is 0.936. The lowest BCUT2D eigenvalue weighted by Gasteiger charge is -2.13. The van der Waals surface area contributed by atoms with Crippen LogP contribution in [0.15, 0.2) is 47.0 Å². The summed E-state index contributed by atoms with van der Waals surface area (Å²) in [6.07, 6.45) is 2.89. The van der Waals surface area contributed by atoms with E-state index in [1.807, 2.05) is 31.2 Å². The van der Waals surface area contributed by atoms with Crippen LogP contribution in [0, 0.1) is 0 Å². The lowest BCUT2D eigenvalue weighted by atomic mass is 10.1. The summed E-state index contributed by atoms with van der Waals surface area (Å²) in [6, 6.07) is 8.11. The van der Waals surface area contributed by atoms with Crippen molar-refractivity contribution in [3.05, 3.63) is 42.5 Å². The fourth-order valence-corrected chi connectivity index (χ4v) is 2.83. The number of aliphatic imine (C=N–C) groups is 1. The Kier molecular flexibility index (Phi) is 7.09. The molecule has 0 fully saturated rings. The molecule has 0 amide bonds. The monoisotopic (exact) mass is 347 g/mol. The molecule has 1 aliphatic rings. The Labute approximate surface area is 146 Å². The smallest absolute Gasteiger partial charge is 0.187 e. The van der Waals surface area contributed by atoms with Crippen molar-refractivity contribution in [2.45, 2.75) is 13.3 Å². The minimum Gasteiger partial charge on any atom is -0.358 e. The average Bonchev–Trinajstić information content (AvgIpc) is 2.59. The molecule has 23 heavy (non-hydrogen) atoms. The van der Waals surface area contributed by atoms with Gasteiger partial charge in [-0.3, -0.25) is 10.4 Å². The number of hydrazone groups is 1. The minimum absolute atomic E-state index is 0.481. The number of thioether (sulfide) groups is 1. The van der Waals surface area contributed by atoms with Crippen LogP contribution in [-0.4, -0.2) is 34.8 Å². The Bertz CT molecular complexity index is 607. The minimum atomic E-state index is 0.481. The van der Waals surface area contributed by atoms with Gasteiger partial charge in [-0.15, -0.1) is 6.58 Å². The summed E-state index contributed by atoms with van der Waals surface area (Å²) < 4.78 is 0. The van der Waals surface area contributed by atoms with Gasteiger partial charge in [-0.25, -0.2) is 0 Å². The van der Waals surface area contributed by atoms with Crippen molar-refractivity contribution in [1.82, 2.24) is 10.7 Å². The van der Waals surface area contributed by atoms with E-state index in [0.717, 1.165) is 40.8 Å². The van der Waals surface area contributed by atoms with Gasteiger partial charge in [-0.2, -0.15) is 5.10 Å². The molecule has 1 aromatic carbocycles. The third-order valence-electron chi connectivity index (χ3n) is 3.08. The summed E-state index contributed by atoms with van der Waals surface area (Å²) in [4.78, 5) is 4.46. The Morgan fingerprint density at radius 3 is 2.87 bits per heavy atom. The quantitative estimate of drug-likeness (QED) is 0.331. The second-order valence-corrected chi connectivity index (χ2v) is 6.39. The highest BCUT2D eigenvalue weighted by Gasteiger charge is 2.06. The summed E-state index contributed by atoms with van der Waals surface area (Å²) in [5.74, 6) is 1.13. The molecule has 0 bridgehead atoms. The molecule has 0 unspecified atom stereocenters. The first kappa shape index (κ1) is 17.5. The summed E-state index contributed by atoms with van der Waals surface area (Å²) in [6.45, 7) is 7.08. The Hall–Kier alpha value is -1.86. The Morgan fingerprint density at radius 1 is 1.43 bits per heavy atom. The molecule has 5 nitrogen and oxygen atoms in total. The molecule has 0 spiro atoms. The van der Waals surface area contributed by atoms with Crippen molar-refractivity contribution in [2.75, 3.05) is 24.2 Å². The van der Waals surface area contributed by atoms with Crippen molar-refractivity contribution in [2.24, 2.45) is 10.1 Å². The maximum absolute atomic E-state index is 5.10. The normalized spacial score (nSPS) is 14.7. The van der Waals surface area contributed by atoms with E-state index in [-0.39, 0.29) is 0 Å². The van der Waals surface area contributed by atoms with E-state index in [9.17, 15) is 0 Å². The molecule has 0 saturated heterocycles. The highest BCUT2D eigenvalue weighted by molar-refractivity contribution is 8.14. The van der Waals surface area contributed by atoms with Gasteiger partial charge in [0.2, 0.25) is 0 Å². The van der Waals surface area contributed by atoms with Crippen molar-refractivity contribution >= 4 is 45.7 Å². The van der Waals surface area contributed by atoms with Gasteiger partial charge in [0.25, 0.3) is 0 Å². The van der Waals surface area contributed by atoms with Crippen LogP contribution in [0.1, 0.15) is 18.9 Å². The number of nitrogens with one attached hydrogen (secondary N) is 3. The molecule has 1 aliphatic heterocycles. The first-order valence-electron chi connectivity index (χ1n) is 7.43. The molecule has 7 heteroatoms. The number of rotatable bonds is 5. The molecule has 0 atom stereocenters. The number of anilines is 1. The van der Waals surface area contributed by atoms with Gasteiger partial charge in [-0.1, -0.05) is 30.0 Å². The van der Waals surface area contributed by atoms with E-state index in [4.69, 9.17) is 12.2 Å². The SMILES string of the molecule is C=CCNC(=S)N/N=C(/C)c1ccc(NC2=NCCCS2)cc1. The lowest BCUT2D eigenvalue weighted by Crippen LogP contribution is -2.32. The van der Waals surface area contributed by atoms with Crippen LogP contribution in [0.5, 0.6) is 0 Å². The molecule has 0 aromatic heterocycles. The highest BCUT2D eigenvalue weighted by atomic mass is 32.2. The molecule has 2 rings (SSSR count). The number of hydrogen-bond acceptors (Lipinski definition) is 5. The van der Waals surface area contributed by atoms with Crippen LogP contribution in [0.3, 0.4) is 0 Å². The molecule has 0 aliphatic carbocycles. The predicted molar refractivity (Wildman–Crippen MR) is 106 cm³/mol. The van der Waals surface area contributed by atoms with Crippen LogP contribution in [0.2, 0.25) is 0 Å². The van der Waals surface area contributed by atoms with Crippen LogP contribution < -0.4 is 16.1 Å². The zero-order chi connectivity index (χ0) is 16.5. The average molecular weight is 348 g/mol. The van der Waals surface area contributed by atoms with E-state index in [1.54, 1.807) is 17.8 Å². The van der Waals surface area contributed by atoms with Crippen LogP contribution >= 0.6 is 24.0 Å². The molecule has 122 valence electrons. The third kappa shape index (κ3) is 6.03. The van der Waals surface area contributed by atoms with Gasteiger partial charge < -0.3 is 10.6 Å². The second kappa shape index (κ2) is 9.32. The summed E-state index contributed by atoms with van der Waals surface area (Å²) in [5, 5.41) is 12.1. The molecule has 3 N–H and O–H groups in total. The maximum atomic E-state index is 5.10. The van der Waals surface area contributed by atoms with Crippen molar-refractivity contribution < 1.29 is 0 Å². The van der Waals surface area contributed by atoms with Gasteiger partial charge in [0, 0.05) is 24.5 Å². The topological polar surface area (TPSA) is 60.8 Å². The predicted octanol–water partition coefficient (Wildman–Crippen LogP) is 2.97. The fraction of sp³-hybridized carbons (Fsp3) is 0.312. The van der Waals surface area contributed by atoms with E-state index in [2.05, 4.69) is 32.7 Å². The van der Waals surface area contributed by atoms with Crippen molar-refractivity contribution in [3.8, 4) is 0 Å². The Morgan fingerprint density at radius 2 is 2.22 bits per heavy atom. The molecule has 1 heterocycles. The van der Waals surface area contributed by atoms with Crippen LogP contribution in [-0.2, 0) is 0 Å². The van der Waals surface area contributed by atoms with E-state index in [1.165, 1.54) is 0 Å². The first-order valence-corrected chi connectivity index (χ1v) is 8.82. The van der Waals surface area contributed by atoms with E-state index in [0.29, 0.717) is 11.7 Å². The molecule has 0 radical (unpaired) electrons. The largest absolute Gasteiger partial charge is 0.358 e. The molecular formula is C16H21N5S2. The zero-order valence-electron chi connectivity index (χ0n) is 13.1. The van der Waals surface area contributed by atoms with Gasteiger partial charge in [0.15, 0.2) is 10.3 Å². The highest BCUT2D eigenvalue weighted by Crippen LogP contribution is 2.17. The molecule has 1 aromatic rings. The summed E-state index contributed by atoms with van der Waals surface area (Å²) in [5.41, 5.74) is 5.75. The van der Waals surface area contributed by atoms with Gasteiger partial charge in [0.05, 0.1) is 5.71 Å². The molecular weight excluding hydrogens is 326 g/mol. The number of hydrogen-bond donors (Lipinski definition) is 3. The van der Waals surface area contributed by atoms with Gasteiger partial charge in [-0.05, 0) is 43.3 Å². The number of nitrogens with zero attached hydrogens (tertiary/aromatic N) is 2. The third-order valence-corrected chi connectivity index (χ3v) is 4.32. The van der Waals surface area contributed by atoms with Crippen molar-refractivity contribution in [3.63, 3.8) is 0 Å². The van der Waals surface area contributed by atoms with Gasteiger partial charge in [0.1, 0.15) is 0 Å². The summed E-state index contributed by atoms with van der Waals surface area (Å²) in [7, 11) is 0. The summed E-state index contributed by atoms with van der Waals surface area (Å²) >= 11 is 6.86. The maximum Gasteiger partial charge on any atom is 0.187 e. The molecule has 0 saturated carbocycles. The van der Waals surface area contributed by atoms with E-state index >= 15 is 0 Å². The van der Waals surface area contributed by atoms with Crippen LogP contribution in [0.4, 0.5) is 5.69 Å². The van der Waals surface area contributed by atoms with Crippen molar-refractivity contribution in [1.29, 1.82) is 0 Å². The first-order chi connectivity index (χ1) is 11.2. The number of thiocarbonyl (C=S) groups is 1. The second-order valence-electron chi connectivity index (χ2n) is 4.90. The fourth-order valence-electron chi connectivity index (χ4n) is 1.86. The standard InChI is InChI=1S/C16H21N5S2/c1-3-9-17-15(22)21-20-12(2)13-5-7-14(8-6-13)19-16-18-10-4-11-23-16/h3,5-8H,1,4,9-11H2,2H3,(H,18,19)(H2,17,21,22)/b20-12-.